The van der Waals surface area contributed by atoms with E-state index < -0.39 is 7.05 Å². The number of hydrogen-bond donors (Lipinski definition) is 0. The molecule has 5 aromatic carbocycles. The van der Waals surface area contributed by atoms with Gasteiger partial charge in [0.15, 0.2) is 5.82 Å². The van der Waals surface area contributed by atoms with E-state index in [1.165, 1.54) is 22.2 Å². The van der Waals surface area contributed by atoms with Crippen molar-refractivity contribution in [2.75, 3.05) is 4.81 Å². The van der Waals surface area contributed by atoms with Crippen LogP contribution < -0.4 is 19.7 Å². The Hall–Kier alpha value is -5.39. The average molecular weight is 884 g/mol. The molecule has 0 atom stereocenters. The standard InChI is InChI=1S/C46H37BN4O2.Pt/c1-28-14-10-15-29(2)39(28)47-51(44-38(53-47)22-13-25-48-44)31-18-11-19-32(26-31)52-33-23-24-34-35-20-12-21-37-41(35)50-42(46(5,6)45(37,3)4)40(30-16-8-7-9-17-30)49-43(50)36(34)27-33;/h7-25H,1-6H3;/q-2;+2. The Morgan fingerprint density at radius 2 is 1.46 bits per heavy atom. The van der Waals surface area contributed by atoms with Gasteiger partial charge in [-0.05, 0) is 42.4 Å². The van der Waals surface area contributed by atoms with Gasteiger partial charge in [0, 0.05) is 45.3 Å². The molecule has 5 heterocycles. The number of anilines is 2. The maximum Gasteiger partial charge on any atom is 2.00 e. The zero-order valence-electron chi connectivity index (χ0n) is 31.0. The van der Waals surface area contributed by atoms with Crippen molar-refractivity contribution in [2.45, 2.75) is 52.4 Å². The first-order valence-electron chi connectivity index (χ1n) is 18.2. The van der Waals surface area contributed by atoms with Crippen molar-refractivity contribution in [2.24, 2.45) is 0 Å². The number of nitrogens with zero attached hydrogens (tertiary/aromatic N) is 4. The molecule has 8 heteroatoms. The summed E-state index contributed by atoms with van der Waals surface area (Å²) in [6.07, 6.45) is 1.80. The second-order valence-corrected chi connectivity index (χ2v) is 15.4. The largest absolute Gasteiger partial charge is 2.00 e. The number of imidazole rings is 1. The number of hydrogen-bond acceptors (Lipinski definition) is 5. The molecule has 2 aliphatic rings. The van der Waals surface area contributed by atoms with E-state index in [4.69, 9.17) is 19.4 Å². The van der Waals surface area contributed by atoms with Crippen molar-refractivity contribution in [1.82, 2.24) is 14.4 Å². The summed E-state index contributed by atoms with van der Waals surface area (Å²) in [5, 5.41) is 3.20. The van der Waals surface area contributed by atoms with Crippen LogP contribution in [-0.2, 0) is 31.9 Å². The van der Waals surface area contributed by atoms with E-state index >= 15 is 0 Å². The molecule has 0 saturated carbocycles. The molecule has 10 rings (SSSR count). The van der Waals surface area contributed by atoms with Crippen LogP contribution in [0.2, 0.25) is 0 Å². The summed E-state index contributed by atoms with van der Waals surface area (Å²) in [4.78, 5) is 12.3. The molecule has 0 saturated heterocycles. The normalized spacial score (nSPS) is 15.1. The van der Waals surface area contributed by atoms with Crippen LogP contribution in [0.1, 0.15) is 50.1 Å². The minimum Gasteiger partial charge on any atom is -0.535 e. The Bertz CT molecular complexity index is 2780. The monoisotopic (exact) mass is 883 g/mol. The predicted octanol–water partition coefficient (Wildman–Crippen LogP) is 10.2. The molecule has 266 valence electrons. The van der Waals surface area contributed by atoms with E-state index in [9.17, 15) is 0 Å². The van der Waals surface area contributed by atoms with Crippen LogP contribution >= 0.6 is 0 Å². The summed E-state index contributed by atoms with van der Waals surface area (Å²) in [5.41, 5.74) is 10.6. The quantitative estimate of drug-likeness (QED) is 0.0980. The number of aromatic nitrogens is 3. The van der Waals surface area contributed by atoms with Gasteiger partial charge in [0.25, 0.3) is 0 Å². The third kappa shape index (κ3) is 4.84. The fourth-order valence-corrected chi connectivity index (χ4v) is 8.59. The molecule has 0 N–H and O–H groups in total. The molecule has 0 radical (unpaired) electrons. The van der Waals surface area contributed by atoms with Crippen LogP contribution in [0, 0.1) is 26.0 Å². The summed E-state index contributed by atoms with van der Waals surface area (Å²) in [5.74, 6) is 2.64. The number of para-hydroxylation sites is 1. The van der Waals surface area contributed by atoms with E-state index in [1.807, 2.05) is 36.4 Å². The van der Waals surface area contributed by atoms with Crippen LogP contribution in [0.5, 0.6) is 17.2 Å². The average Bonchev–Trinajstić information content (AvgIpc) is 3.75. The molecule has 0 bridgehead atoms. The Morgan fingerprint density at radius 3 is 2.26 bits per heavy atom. The van der Waals surface area contributed by atoms with Gasteiger partial charge in [0.1, 0.15) is 5.75 Å². The molecular formula is C46H37BN4O2Pt. The molecule has 8 aromatic rings. The van der Waals surface area contributed by atoms with Crippen LogP contribution in [0.15, 0.2) is 115 Å². The van der Waals surface area contributed by atoms with Crippen molar-refractivity contribution in [3.63, 3.8) is 0 Å². The van der Waals surface area contributed by atoms with E-state index in [0.29, 0.717) is 11.5 Å². The molecule has 0 amide bonds. The van der Waals surface area contributed by atoms with Gasteiger partial charge in [0.05, 0.1) is 11.3 Å². The number of pyridine rings is 2. The second-order valence-electron chi connectivity index (χ2n) is 15.4. The van der Waals surface area contributed by atoms with Gasteiger partial charge < -0.3 is 18.6 Å². The Kier molecular flexibility index (Phi) is 7.85. The third-order valence-corrected chi connectivity index (χ3v) is 11.9. The fraction of sp³-hybridized carbons (Fsp3) is 0.174. The maximum absolute atomic E-state index is 6.62. The zero-order valence-corrected chi connectivity index (χ0v) is 33.2. The smallest absolute Gasteiger partial charge is 0.535 e. The molecule has 0 fully saturated rings. The third-order valence-electron chi connectivity index (χ3n) is 11.9. The van der Waals surface area contributed by atoms with Crippen molar-refractivity contribution in [1.29, 1.82) is 0 Å². The van der Waals surface area contributed by atoms with Gasteiger partial charge in [-0.15, -0.1) is 30.3 Å². The van der Waals surface area contributed by atoms with Crippen LogP contribution in [0.3, 0.4) is 0 Å². The SMILES string of the molecule is Cc1cccc(C)c1B1Oc2cccnc2N1c1[c-]c(Oc2[c-]c3c(cc2)c2cccc4c2n2c(c(-c5ccccc5)nc32)C(C)(C)C4(C)C)ccc1.[Pt+2]. The minimum absolute atomic E-state index is 0. The number of aryl methyl sites for hydroxylation is 2. The van der Waals surface area contributed by atoms with Crippen molar-refractivity contribution < 1.29 is 30.5 Å². The Labute approximate surface area is 330 Å². The summed E-state index contributed by atoms with van der Waals surface area (Å²) in [6, 6.07) is 44.8. The minimum atomic E-state index is -0.396. The van der Waals surface area contributed by atoms with Gasteiger partial charge in [-0.25, -0.2) is 4.98 Å². The van der Waals surface area contributed by atoms with Crippen molar-refractivity contribution in [3.05, 3.63) is 150 Å². The fourth-order valence-electron chi connectivity index (χ4n) is 8.59. The van der Waals surface area contributed by atoms with Crippen molar-refractivity contribution in [3.8, 4) is 28.5 Å². The molecule has 3 aromatic heterocycles. The van der Waals surface area contributed by atoms with Gasteiger partial charge >= 0.3 is 28.1 Å². The predicted molar refractivity (Wildman–Crippen MR) is 214 cm³/mol. The summed E-state index contributed by atoms with van der Waals surface area (Å²) >= 11 is 0. The van der Waals surface area contributed by atoms with E-state index in [-0.39, 0.29) is 31.9 Å². The van der Waals surface area contributed by atoms with Crippen LogP contribution in [0.4, 0.5) is 11.5 Å². The topological polar surface area (TPSA) is 51.9 Å². The van der Waals surface area contributed by atoms with E-state index in [1.54, 1.807) is 6.20 Å². The maximum atomic E-state index is 6.62. The molecular weight excluding hydrogens is 846 g/mol. The molecule has 0 unspecified atom stereocenters. The van der Waals surface area contributed by atoms with Crippen LogP contribution in [-0.4, -0.2) is 21.4 Å². The van der Waals surface area contributed by atoms with Crippen LogP contribution in [0.25, 0.3) is 38.6 Å². The molecule has 54 heavy (non-hydrogen) atoms. The number of rotatable bonds is 5. The summed E-state index contributed by atoms with van der Waals surface area (Å²) in [7, 11) is -0.396. The van der Waals surface area contributed by atoms with Gasteiger partial charge in [-0.1, -0.05) is 128 Å². The first-order chi connectivity index (χ1) is 25.6. The molecule has 0 aliphatic carbocycles. The molecule has 2 aliphatic heterocycles. The van der Waals surface area contributed by atoms with Gasteiger partial charge in [0.2, 0.25) is 0 Å². The first-order valence-corrected chi connectivity index (χ1v) is 18.2. The summed E-state index contributed by atoms with van der Waals surface area (Å²) in [6.45, 7) is 13.7. The molecule has 0 spiro atoms. The van der Waals surface area contributed by atoms with E-state index in [2.05, 4.69) is 136 Å². The number of benzene rings is 5. The summed E-state index contributed by atoms with van der Waals surface area (Å²) < 4.78 is 15.6. The number of ether oxygens (including phenoxy) is 1. The van der Waals surface area contributed by atoms with Gasteiger partial charge in [-0.3, -0.25) is 4.98 Å². The van der Waals surface area contributed by atoms with Gasteiger partial charge in [-0.2, -0.15) is 6.07 Å². The Balaban J connectivity index is 0.00000384. The second kappa shape index (κ2) is 12.3. The molecule has 6 nitrogen and oxygen atoms in total. The van der Waals surface area contributed by atoms with E-state index in [0.717, 1.165) is 61.5 Å². The van der Waals surface area contributed by atoms with Crippen molar-refractivity contribution >= 4 is 51.3 Å². The zero-order chi connectivity index (χ0) is 36.2. The Morgan fingerprint density at radius 1 is 0.722 bits per heavy atom. The number of fused-ring (bicyclic) bond motifs is 4. The first kappa shape index (κ1) is 34.4.